The van der Waals surface area contributed by atoms with E-state index >= 15 is 0 Å². The Hall–Kier alpha value is -2.24. The third-order valence-corrected chi connectivity index (χ3v) is 4.99. The number of carbonyl (C=O) groups excluding carboxylic acids is 1. The molecule has 2 rings (SSSR count). The summed E-state index contributed by atoms with van der Waals surface area (Å²) in [6.07, 6.45) is 6.17. The highest BCUT2D eigenvalue weighted by atomic mass is 16.5. The lowest BCUT2D eigenvalue weighted by Crippen LogP contribution is -2.34. The molecule has 1 aliphatic heterocycles. The molecule has 0 bridgehead atoms. The molecule has 0 spiro atoms. The summed E-state index contributed by atoms with van der Waals surface area (Å²) < 4.78 is 5.55. The Kier molecular flexibility index (Phi) is 7.30. The third-order valence-electron chi connectivity index (χ3n) is 4.99. The largest absolute Gasteiger partial charge is 0.358 e. The number of allylic oxidation sites excluding steroid dienone is 1. The standard InChI is InChI=1S/C20H30N4O2/c1-6-17(25)20(14(2)3)18-11-19(23-26-18)24-9-7-15(8-10-24)16(12-21-4)13-22-5/h11-15,20H,4,6-10H2,1-3,5H3/b16-12+,22-13?. The molecule has 1 fully saturated rings. The van der Waals surface area contributed by atoms with E-state index in [0.717, 1.165) is 37.3 Å². The van der Waals surface area contributed by atoms with Gasteiger partial charge in [-0.25, -0.2) is 0 Å². The molecule has 1 saturated heterocycles. The Balaban J connectivity index is 2.06. The number of hydrogen-bond donors (Lipinski definition) is 0. The van der Waals surface area contributed by atoms with E-state index in [0.29, 0.717) is 18.1 Å². The van der Waals surface area contributed by atoms with E-state index in [9.17, 15) is 4.79 Å². The van der Waals surface area contributed by atoms with E-state index in [1.54, 1.807) is 13.2 Å². The molecule has 1 aliphatic rings. The highest BCUT2D eigenvalue weighted by molar-refractivity contribution is 5.85. The maximum atomic E-state index is 12.2. The minimum atomic E-state index is -0.215. The van der Waals surface area contributed by atoms with Crippen LogP contribution in [-0.4, -0.2) is 44.0 Å². The molecule has 0 aromatic carbocycles. The summed E-state index contributed by atoms with van der Waals surface area (Å²) in [6.45, 7) is 11.3. The number of rotatable bonds is 8. The van der Waals surface area contributed by atoms with E-state index in [4.69, 9.17) is 4.52 Å². The fourth-order valence-corrected chi connectivity index (χ4v) is 3.59. The third kappa shape index (κ3) is 4.68. The molecular formula is C20H30N4O2. The van der Waals surface area contributed by atoms with Gasteiger partial charge >= 0.3 is 0 Å². The Labute approximate surface area is 156 Å². The zero-order valence-electron chi connectivity index (χ0n) is 16.3. The van der Waals surface area contributed by atoms with Crippen LogP contribution in [0.25, 0.3) is 0 Å². The molecular weight excluding hydrogens is 328 g/mol. The highest BCUT2D eigenvalue weighted by Crippen LogP contribution is 2.32. The average Bonchev–Trinajstić information content (AvgIpc) is 3.11. The predicted octanol–water partition coefficient (Wildman–Crippen LogP) is 3.89. The van der Waals surface area contributed by atoms with Crippen molar-refractivity contribution in [2.75, 3.05) is 25.0 Å². The summed E-state index contributed by atoms with van der Waals surface area (Å²) in [5, 5.41) is 4.23. The van der Waals surface area contributed by atoms with Crippen LogP contribution in [0.4, 0.5) is 5.82 Å². The summed E-state index contributed by atoms with van der Waals surface area (Å²) in [5.41, 5.74) is 1.12. The molecule has 0 aliphatic carbocycles. The second-order valence-electron chi connectivity index (χ2n) is 7.09. The maximum absolute atomic E-state index is 12.2. The van der Waals surface area contributed by atoms with Gasteiger partial charge in [-0.3, -0.25) is 14.8 Å². The maximum Gasteiger partial charge on any atom is 0.172 e. The Morgan fingerprint density at radius 3 is 2.69 bits per heavy atom. The smallest absolute Gasteiger partial charge is 0.172 e. The average molecular weight is 358 g/mol. The number of aliphatic imine (C=N–C) groups is 2. The molecule has 0 amide bonds. The van der Waals surface area contributed by atoms with Crippen molar-refractivity contribution in [2.45, 2.75) is 46.0 Å². The molecule has 1 aromatic rings. The van der Waals surface area contributed by atoms with Gasteiger partial charge in [0.15, 0.2) is 5.82 Å². The van der Waals surface area contributed by atoms with Gasteiger partial charge in [0.2, 0.25) is 0 Å². The van der Waals surface area contributed by atoms with Crippen LogP contribution in [0.3, 0.4) is 0 Å². The number of nitrogens with zero attached hydrogens (tertiary/aromatic N) is 4. The number of carbonyl (C=O) groups is 1. The Morgan fingerprint density at radius 1 is 1.46 bits per heavy atom. The fourth-order valence-electron chi connectivity index (χ4n) is 3.59. The summed E-state index contributed by atoms with van der Waals surface area (Å²) in [7, 11) is 1.77. The Bertz CT molecular complexity index is 667. The first-order valence-electron chi connectivity index (χ1n) is 9.34. The van der Waals surface area contributed by atoms with Crippen LogP contribution in [0.5, 0.6) is 0 Å². The van der Waals surface area contributed by atoms with Gasteiger partial charge in [-0.05, 0) is 37.0 Å². The molecule has 142 valence electrons. The predicted molar refractivity (Wildman–Crippen MR) is 106 cm³/mol. The van der Waals surface area contributed by atoms with Crippen molar-refractivity contribution in [2.24, 2.45) is 21.8 Å². The van der Waals surface area contributed by atoms with Crippen molar-refractivity contribution in [1.82, 2.24) is 5.16 Å². The van der Waals surface area contributed by atoms with Crippen molar-refractivity contribution in [3.63, 3.8) is 0 Å². The first-order chi connectivity index (χ1) is 12.5. The van der Waals surface area contributed by atoms with Crippen molar-refractivity contribution >= 4 is 24.5 Å². The van der Waals surface area contributed by atoms with Gasteiger partial charge in [0.25, 0.3) is 0 Å². The lowest BCUT2D eigenvalue weighted by molar-refractivity contribution is -0.121. The van der Waals surface area contributed by atoms with Crippen molar-refractivity contribution in [3.05, 3.63) is 23.6 Å². The summed E-state index contributed by atoms with van der Waals surface area (Å²) in [4.78, 5) is 22.5. The topological polar surface area (TPSA) is 71.1 Å². The number of piperidine rings is 1. The Morgan fingerprint density at radius 2 is 2.15 bits per heavy atom. The van der Waals surface area contributed by atoms with E-state index < -0.39 is 0 Å². The number of ketones is 1. The van der Waals surface area contributed by atoms with Crippen LogP contribution in [-0.2, 0) is 4.79 Å². The summed E-state index contributed by atoms with van der Waals surface area (Å²) >= 11 is 0. The van der Waals surface area contributed by atoms with Gasteiger partial charge < -0.3 is 9.42 Å². The van der Waals surface area contributed by atoms with Crippen LogP contribution >= 0.6 is 0 Å². The minimum Gasteiger partial charge on any atom is -0.358 e. The first kappa shape index (κ1) is 20.1. The van der Waals surface area contributed by atoms with Gasteiger partial charge in [-0.1, -0.05) is 25.9 Å². The molecule has 1 unspecified atom stereocenters. The molecule has 26 heavy (non-hydrogen) atoms. The number of anilines is 1. The molecule has 0 saturated carbocycles. The molecule has 1 aromatic heterocycles. The fraction of sp³-hybridized carbons (Fsp3) is 0.600. The van der Waals surface area contributed by atoms with E-state index in [2.05, 4.69) is 26.8 Å². The lowest BCUT2D eigenvalue weighted by atomic mass is 9.88. The molecule has 6 heteroatoms. The normalized spacial score (nSPS) is 17.9. The minimum absolute atomic E-state index is 0.196. The van der Waals surface area contributed by atoms with Crippen LogP contribution in [0, 0.1) is 11.8 Å². The molecule has 0 N–H and O–H groups in total. The number of aromatic nitrogens is 1. The van der Waals surface area contributed by atoms with Gasteiger partial charge in [-0.2, -0.15) is 0 Å². The SMILES string of the molecule is C=N/C=C(\C=NC)C1CCN(c2cc(C(C(=O)CC)C(C)C)on2)CC1. The van der Waals surface area contributed by atoms with Gasteiger partial charge in [0.05, 0.1) is 5.92 Å². The van der Waals surface area contributed by atoms with E-state index in [-0.39, 0.29) is 17.6 Å². The monoisotopic (exact) mass is 358 g/mol. The van der Waals surface area contributed by atoms with Gasteiger partial charge in [0, 0.05) is 45.0 Å². The molecule has 0 radical (unpaired) electrons. The van der Waals surface area contributed by atoms with Gasteiger partial charge in [0.1, 0.15) is 11.5 Å². The van der Waals surface area contributed by atoms with Crippen LogP contribution in [0.15, 0.2) is 32.3 Å². The summed E-state index contributed by atoms with van der Waals surface area (Å²) in [5.74, 6) is 2.11. The van der Waals surface area contributed by atoms with Crippen molar-refractivity contribution < 1.29 is 9.32 Å². The second kappa shape index (κ2) is 9.46. The van der Waals surface area contributed by atoms with Crippen molar-refractivity contribution in [3.8, 4) is 0 Å². The zero-order valence-corrected chi connectivity index (χ0v) is 16.3. The highest BCUT2D eigenvalue weighted by Gasteiger charge is 2.29. The molecule has 6 nitrogen and oxygen atoms in total. The summed E-state index contributed by atoms with van der Waals surface area (Å²) in [6, 6.07) is 1.94. The van der Waals surface area contributed by atoms with Crippen molar-refractivity contribution in [1.29, 1.82) is 0 Å². The van der Waals surface area contributed by atoms with Crippen LogP contribution in [0.2, 0.25) is 0 Å². The molecule has 2 heterocycles. The molecule has 1 atom stereocenters. The quantitative estimate of drug-likeness (QED) is 0.661. The lowest BCUT2D eigenvalue weighted by Gasteiger charge is -2.32. The van der Waals surface area contributed by atoms with Crippen LogP contribution < -0.4 is 4.90 Å². The first-order valence-corrected chi connectivity index (χ1v) is 9.34. The van der Waals surface area contributed by atoms with Crippen LogP contribution in [0.1, 0.15) is 51.7 Å². The number of Topliss-reactive ketones (excluding diaryl/α,β-unsaturated/α-hetero) is 1. The van der Waals surface area contributed by atoms with Gasteiger partial charge in [-0.15, -0.1) is 0 Å². The van der Waals surface area contributed by atoms with E-state index in [1.165, 1.54) is 0 Å². The second-order valence-corrected chi connectivity index (χ2v) is 7.09. The number of hydrogen-bond acceptors (Lipinski definition) is 6. The van der Waals surface area contributed by atoms with E-state index in [1.807, 2.05) is 33.1 Å². The zero-order chi connectivity index (χ0) is 19.1.